The molecule has 0 N–H and O–H groups in total. The van der Waals surface area contributed by atoms with Gasteiger partial charge < -0.3 is 4.74 Å². The van der Waals surface area contributed by atoms with E-state index in [1.807, 2.05) is 18.7 Å². The van der Waals surface area contributed by atoms with Crippen LogP contribution in [0.5, 0.6) is 0 Å². The number of carbonyl (C=O) groups is 1. The largest absolute Gasteiger partial charge is 0.465 e. The van der Waals surface area contributed by atoms with E-state index in [0.29, 0.717) is 37.7 Å². The van der Waals surface area contributed by atoms with E-state index in [2.05, 4.69) is 11.8 Å². The highest BCUT2D eigenvalue weighted by atomic mass is 19.4. The van der Waals surface area contributed by atoms with Crippen molar-refractivity contribution in [3.05, 3.63) is 34.9 Å². The van der Waals surface area contributed by atoms with Gasteiger partial charge in [0.25, 0.3) is 0 Å². The third-order valence-electron chi connectivity index (χ3n) is 5.46. The Kier molecular flexibility index (Phi) is 7.69. The van der Waals surface area contributed by atoms with Gasteiger partial charge in [-0.05, 0) is 50.0 Å². The van der Waals surface area contributed by atoms with Crippen molar-refractivity contribution in [2.75, 3.05) is 26.2 Å². The maximum absolute atomic E-state index is 12.9. The van der Waals surface area contributed by atoms with Crippen molar-refractivity contribution >= 4 is 5.97 Å². The quantitative estimate of drug-likeness (QED) is 0.351. The summed E-state index contributed by atoms with van der Waals surface area (Å²) in [6, 6.07) is 1.35. The smallest absolute Gasteiger partial charge is 0.416 e. The van der Waals surface area contributed by atoms with Gasteiger partial charge in [0.05, 0.1) is 24.3 Å². The molecule has 0 spiro atoms. The molecule has 31 heavy (non-hydrogen) atoms. The lowest BCUT2D eigenvalue weighted by molar-refractivity contribution is -0.146. The van der Waals surface area contributed by atoms with E-state index in [9.17, 15) is 31.1 Å². The Bertz CT molecular complexity index is 808. The first-order valence-corrected chi connectivity index (χ1v) is 9.82. The first-order chi connectivity index (χ1) is 14.2. The molecule has 2 rings (SSSR count). The Balaban J connectivity index is 2.02. The summed E-state index contributed by atoms with van der Waals surface area (Å²) in [4.78, 5) is 13.0. The molecule has 1 aromatic rings. The highest BCUT2D eigenvalue weighted by Gasteiger charge is 2.37. The summed E-state index contributed by atoms with van der Waals surface area (Å²) in [5.74, 6) is 5.13. The van der Waals surface area contributed by atoms with Crippen LogP contribution in [0.25, 0.3) is 0 Å². The summed E-state index contributed by atoms with van der Waals surface area (Å²) in [7, 11) is 0. The maximum Gasteiger partial charge on any atom is 0.416 e. The first kappa shape index (κ1) is 25.1. The van der Waals surface area contributed by atoms with Crippen molar-refractivity contribution in [1.29, 1.82) is 0 Å². The van der Waals surface area contributed by atoms with Gasteiger partial charge in [0.2, 0.25) is 0 Å². The summed E-state index contributed by atoms with van der Waals surface area (Å²) in [6.07, 6.45) is -8.12. The number of piperidine rings is 1. The molecule has 0 radical (unpaired) electrons. The van der Waals surface area contributed by atoms with E-state index in [0.717, 1.165) is 12.8 Å². The minimum atomic E-state index is -4.89. The zero-order chi connectivity index (χ0) is 23.4. The van der Waals surface area contributed by atoms with Crippen LogP contribution in [0.2, 0.25) is 0 Å². The van der Waals surface area contributed by atoms with Crippen LogP contribution in [-0.4, -0.2) is 37.1 Å². The zero-order valence-corrected chi connectivity index (χ0v) is 17.6. The van der Waals surface area contributed by atoms with Crippen molar-refractivity contribution in [1.82, 2.24) is 4.90 Å². The molecule has 1 heterocycles. The second kappa shape index (κ2) is 9.51. The number of benzene rings is 1. The van der Waals surface area contributed by atoms with Crippen LogP contribution in [0, 0.1) is 23.2 Å². The van der Waals surface area contributed by atoms with Crippen molar-refractivity contribution in [3.63, 3.8) is 0 Å². The number of ether oxygens (including phenoxy) is 1. The standard InChI is InChI=1S/C22H25F6NO2/c1-15(30)31-14-20(2,3)17-6-9-29(10-7-17)8-4-5-16-11-18(21(23,24)25)13-19(12-16)22(26,27)28/h11-13,17H,6-10,14H2,1-3H3. The summed E-state index contributed by atoms with van der Waals surface area (Å²) in [5, 5.41) is 0. The zero-order valence-electron chi connectivity index (χ0n) is 17.6. The fourth-order valence-corrected chi connectivity index (χ4v) is 3.56. The number of hydrogen-bond donors (Lipinski definition) is 0. The Morgan fingerprint density at radius 1 is 1.03 bits per heavy atom. The number of alkyl halides is 6. The number of nitrogens with zero attached hydrogens (tertiary/aromatic N) is 1. The van der Waals surface area contributed by atoms with E-state index in [1.54, 1.807) is 0 Å². The molecule has 172 valence electrons. The van der Waals surface area contributed by atoms with E-state index in [4.69, 9.17) is 4.74 Å². The molecule has 0 amide bonds. The summed E-state index contributed by atoms with van der Waals surface area (Å²) >= 11 is 0. The third-order valence-corrected chi connectivity index (χ3v) is 5.46. The topological polar surface area (TPSA) is 29.5 Å². The van der Waals surface area contributed by atoms with Gasteiger partial charge in [-0.15, -0.1) is 0 Å². The number of rotatable bonds is 4. The predicted octanol–water partition coefficient (Wildman–Crippen LogP) is 5.38. The molecule has 0 bridgehead atoms. The second-order valence-electron chi connectivity index (χ2n) is 8.42. The lowest BCUT2D eigenvalue weighted by atomic mass is 9.74. The molecular weight excluding hydrogens is 424 g/mol. The molecule has 0 aromatic heterocycles. The van der Waals surface area contributed by atoms with Crippen molar-refractivity contribution in [2.24, 2.45) is 11.3 Å². The van der Waals surface area contributed by atoms with Crippen LogP contribution in [-0.2, 0) is 21.9 Å². The van der Waals surface area contributed by atoms with E-state index in [1.165, 1.54) is 6.92 Å². The molecule has 1 aliphatic heterocycles. The Labute approximate surface area is 177 Å². The van der Waals surface area contributed by atoms with E-state index < -0.39 is 23.5 Å². The number of carbonyl (C=O) groups excluding carboxylic acids is 1. The fraction of sp³-hybridized carbons (Fsp3) is 0.591. The fourth-order valence-electron chi connectivity index (χ4n) is 3.56. The van der Waals surface area contributed by atoms with Crippen LogP contribution in [0.4, 0.5) is 26.3 Å². The van der Waals surface area contributed by atoms with Gasteiger partial charge in [-0.1, -0.05) is 25.7 Å². The lowest BCUT2D eigenvalue weighted by Gasteiger charge is -2.39. The Morgan fingerprint density at radius 3 is 2.00 bits per heavy atom. The molecule has 0 atom stereocenters. The molecule has 1 saturated heterocycles. The predicted molar refractivity (Wildman–Crippen MR) is 103 cm³/mol. The number of likely N-dealkylation sites (tertiary alicyclic amines) is 1. The van der Waals surface area contributed by atoms with Gasteiger partial charge in [0, 0.05) is 17.9 Å². The molecular formula is C22H25F6NO2. The highest BCUT2D eigenvalue weighted by molar-refractivity contribution is 5.65. The van der Waals surface area contributed by atoms with Crippen molar-refractivity contribution in [2.45, 2.75) is 46.0 Å². The summed E-state index contributed by atoms with van der Waals surface area (Å²) in [5.41, 5.74) is -3.25. The van der Waals surface area contributed by atoms with Gasteiger partial charge in [0.1, 0.15) is 0 Å². The van der Waals surface area contributed by atoms with E-state index >= 15 is 0 Å². The van der Waals surface area contributed by atoms with Gasteiger partial charge in [-0.25, -0.2) is 0 Å². The van der Waals surface area contributed by atoms with Crippen LogP contribution in [0.15, 0.2) is 18.2 Å². The first-order valence-electron chi connectivity index (χ1n) is 9.82. The van der Waals surface area contributed by atoms with Crippen LogP contribution in [0.3, 0.4) is 0 Å². The average Bonchev–Trinajstić information content (AvgIpc) is 2.65. The molecule has 0 aliphatic carbocycles. The van der Waals surface area contributed by atoms with Gasteiger partial charge in [-0.2, -0.15) is 26.3 Å². The molecule has 9 heteroatoms. The van der Waals surface area contributed by atoms with Gasteiger partial charge in [0.15, 0.2) is 0 Å². The number of esters is 1. The molecule has 1 fully saturated rings. The van der Waals surface area contributed by atoms with Crippen LogP contribution in [0.1, 0.15) is 50.3 Å². The number of halogens is 6. The van der Waals surface area contributed by atoms with Gasteiger partial charge in [-0.3, -0.25) is 9.69 Å². The molecule has 3 nitrogen and oxygen atoms in total. The summed E-state index contributed by atoms with van der Waals surface area (Å²) < 4.78 is 82.7. The number of hydrogen-bond acceptors (Lipinski definition) is 3. The van der Waals surface area contributed by atoms with Crippen molar-refractivity contribution in [3.8, 4) is 11.8 Å². The highest BCUT2D eigenvalue weighted by Crippen LogP contribution is 2.37. The normalized spacial score (nSPS) is 16.5. The third kappa shape index (κ3) is 7.46. The second-order valence-corrected chi connectivity index (χ2v) is 8.42. The Hall–Kier alpha value is -2.21. The molecule has 1 aromatic carbocycles. The minimum absolute atomic E-state index is 0.0908. The van der Waals surface area contributed by atoms with Gasteiger partial charge >= 0.3 is 18.3 Å². The van der Waals surface area contributed by atoms with Crippen LogP contribution >= 0.6 is 0 Å². The minimum Gasteiger partial charge on any atom is -0.465 e. The molecule has 0 unspecified atom stereocenters. The van der Waals surface area contributed by atoms with Crippen molar-refractivity contribution < 1.29 is 35.9 Å². The lowest BCUT2D eigenvalue weighted by Crippen LogP contribution is -2.41. The molecule has 1 aliphatic rings. The average molecular weight is 449 g/mol. The SMILES string of the molecule is CC(=O)OCC(C)(C)C1CCN(CC#Cc2cc(C(F)(F)F)cc(C(F)(F)F)c2)CC1. The van der Waals surface area contributed by atoms with E-state index in [-0.39, 0.29) is 29.6 Å². The molecule has 0 saturated carbocycles. The maximum atomic E-state index is 12.9. The summed E-state index contributed by atoms with van der Waals surface area (Å²) in [6.45, 7) is 7.38. The Morgan fingerprint density at radius 2 is 1.55 bits per heavy atom. The monoisotopic (exact) mass is 449 g/mol. The van der Waals surface area contributed by atoms with Crippen LogP contribution < -0.4 is 0 Å².